The molecule has 4 aromatic carbocycles. The van der Waals surface area contributed by atoms with Crippen LogP contribution in [-0.2, 0) is 21.0 Å². The normalized spacial score (nSPS) is 18.4. The molecule has 0 radical (unpaired) electrons. The summed E-state index contributed by atoms with van der Waals surface area (Å²) >= 11 is -2.39. The molecule has 2 unspecified atom stereocenters. The monoisotopic (exact) mass is 714 g/mol. The van der Waals surface area contributed by atoms with Gasteiger partial charge in [0, 0.05) is 0 Å². The Hall–Kier alpha value is -2.32. The van der Waals surface area contributed by atoms with E-state index in [1.54, 1.807) is 11.1 Å². The van der Waals surface area contributed by atoms with Crippen LogP contribution in [0.25, 0.3) is 34.4 Å². The van der Waals surface area contributed by atoms with E-state index in [2.05, 4.69) is 121 Å². The maximum absolute atomic E-state index is 2.62. The van der Waals surface area contributed by atoms with E-state index in [4.69, 9.17) is 0 Å². The van der Waals surface area contributed by atoms with Crippen LogP contribution in [0.1, 0.15) is 61.7 Å². The number of rotatable bonds is 4. The van der Waals surface area contributed by atoms with Gasteiger partial charge < -0.3 is 24.8 Å². The van der Waals surface area contributed by atoms with Crippen LogP contribution in [0.5, 0.6) is 0 Å². The van der Waals surface area contributed by atoms with Crippen molar-refractivity contribution in [3.8, 4) is 22.3 Å². The Labute approximate surface area is 252 Å². The number of halogens is 2. The van der Waals surface area contributed by atoms with Crippen LogP contribution < -0.4 is 24.8 Å². The van der Waals surface area contributed by atoms with Crippen molar-refractivity contribution in [3.63, 3.8) is 0 Å². The van der Waals surface area contributed by atoms with Gasteiger partial charge in [0.05, 0.1) is 0 Å². The maximum atomic E-state index is 2.62. The summed E-state index contributed by atoms with van der Waals surface area (Å²) in [5.74, 6) is 0. The van der Waals surface area contributed by atoms with Gasteiger partial charge in [-0.1, -0.05) is 0 Å². The van der Waals surface area contributed by atoms with Gasteiger partial charge in [-0.15, -0.1) is 0 Å². The first-order valence-electron chi connectivity index (χ1n) is 13.8. The minimum Gasteiger partial charge on any atom is -1.00 e. The Kier molecular flexibility index (Phi) is 9.02. The largest absolute Gasteiger partial charge is 1.00 e. The summed E-state index contributed by atoms with van der Waals surface area (Å²) < 4.78 is 3.27. The fraction of sp³-hybridized carbons (Fsp3) is 0.194. The fourth-order valence-corrected chi connectivity index (χ4v) is 21.1. The van der Waals surface area contributed by atoms with Crippen LogP contribution in [0.3, 0.4) is 0 Å². The molecule has 0 nitrogen and oxygen atoms in total. The Bertz CT molecular complexity index is 1440. The summed E-state index contributed by atoms with van der Waals surface area (Å²) in [5.41, 5.74) is 11.6. The molecule has 39 heavy (non-hydrogen) atoms. The zero-order chi connectivity index (χ0) is 24.6. The fourth-order valence-electron chi connectivity index (χ4n) is 6.85. The molecule has 0 aromatic heterocycles. The van der Waals surface area contributed by atoms with Crippen molar-refractivity contribution in [1.29, 1.82) is 0 Å². The van der Waals surface area contributed by atoms with E-state index in [0.717, 1.165) is 0 Å². The molecule has 0 spiro atoms. The topological polar surface area (TPSA) is 0 Å². The molecule has 0 N–H and O–H groups in total. The van der Waals surface area contributed by atoms with Crippen LogP contribution >= 0.6 is 0 Å². The molecule has 4 aromatic rings. The van der Waals surface area contributed by atoms with E-state index >= 15 is 0 Å². The molecule has 0 aliphatic heterocycles. The van der Waals surface area contributed by atoms with Crippen molar-refractivity contribution in [2.45, 2.75) is 39.5 Å². The summed E-state index contributed by atoms with van der Waals surface area (Å²) in [6, 6.07) is 36.1. The van der Waals surface area contributed by atoms with Crippen molar-refractivity contribution in [1.82, 2.24) is 0 Å². The van der Waals surface area contributed by atoms with Crippen LogP contribution in [-0.4, -0.2) is 3.26 Å². The van der Waals surface area contributed by atoms with E-state index in [0.29, 0.717) is 7.35 Å². The van der Waals surface area contributed by atoms with Crippen LogP contribution in [0, 0.1) is 0 Å². The average Bonchev–Trinajstić information content (AvgIpc) is 3.60. The van der Waals surface area contributed by atoms with Crippen molar-refractivity contribution in [2.75, 3.05) is 0 Å². The molecule has 7 rings (SSSR count). The molecule has 0 heterocycles. The smallest absolute Gasteiger partial charge is 1.00 e. The number of hydrogen-bond donors (Lipinski definition) is 0. The molecule has 0 bridgehead atoms. The Morgan fingerprint density at radius 1 is 0.487 bits per heavy atom. The van der Waals surface area contributed by atoms with Crippen molar-refractivity contribution >= 4 is 15.4 Å². The first-order chi connectivity index (χ1) is 18.4. The molecular weight excluding hydrogens is 682 g/mol. The second kappa shape index (κ2) is 12.5. The number of fused-ring (bicyclic) bond motifs is 2. The van der Waals surface area contributed by atoms with Gasteiger partial charge in [-0.2, -0.15) is 0 Å². The summed E-state index contributed by atoms with van der Waals surface area (Å²) in [5, 5.41) is 0. The van der Waals surface area contributed by atoms with Crippen molar-refractivity contribution in [2.24, 2.45) is 0 Å². The van der Waals surface area contributed by atoms with Gasteiger partial charge in [0.25, 0.3) is 0 Å². The van der Waals surface area contributed by atoms with Gasteiger partial charge in [0.15, 0.2) is 0 Å². The van der Waals surface area contributed by atoms with E-state index in [1.165, 1.54) is 65.5 Å². The van der Waals surface area contributed by atoms with Gasteiger partial charge in [0.2, 0.25) is 0 Å². The molecule has 194 valence electrons. The molecule has 3 aliphatic carbocycles. The molecule has 2 atom stereocenters. The van der Waals surface area contributed by atoms with E-state index in [-0.39, 0.29) is 24.8 Å². The molecule has 3 heteroatoms. The zero-order valence-electron chi connectivity index (χ0n) is 22.0. The van der Waals surface area contributed by atoms with Gasteiger partial charge in [-0.05, 0) is 0 Å². The van der Waals surface area contributed by atoms with E-state index < -0.39 is 21.0 Å². The van der Waals surface area contributed by atoms with E-state index in [1.807, 2.05) is 3.26 Å². The Morgan fingerprint density at radius 2 is 0.949 bits per heavy atom. The summed E-state index contributed by atoms with van der Waals surface area (Å²) in [7, 11) is 0. The number of benzene rings is 4. The molecule has 1 fully saturated rings. The van der Waals surface area contributed by atoms with Gasteiger partial charge in [-0.3, -0.25) is 0 Å². The molecule has 1 saturated carbocycles. The summed E-state index contributed by atoms with van der Waals surface area (Å²) in [6.07, 6.45) is 17.1. The predicted molar refractivity (Wildman–Crippen MR) is 155 cm³/mol. The summed E-state index contributed by atoms with van der Waals surface area (Å²) in [4.78, 5) is 0. The quantitative estimate of drug-likeness (QED) is 0.284. The van der Waals surface area contributed by atoms with Crippen molar-refractivity contribution < 1.29 is 45.8 Å². The molecular formula is C36H32Cl2Hf. The van der Waals surface area contributed by atoms with Crippen LogP contribution in [0.2, 0.25) is 0 Å². The first-order valence-corrected chi connectivity index (χ1v) is 19.8. The van der Waals surface area contributed by atoms with Gasteiger partial charge in [0.1, 0.15) is 0 Å². The zero-order valence-corrected chi connectivity index (χ0v) is 27.1. The van der Waals surface area contributed by atoms with E-state index in [9.17, 15) is 0 Å². The van der Waals surface area contributed by atoms with Crippen molar-refractivity contribution in [3.05, 3.63) is 131 Å². The maximum Gasteiger partial charge on any atom is -1.00 e. The third-order valence-corrected chi connectivity index (χ3v) is 21.7. The Balaban J connectivity index is 0.00000154. The third kappa shape index (κ3) is 5.26. The Morgan fingerprint density at radius 3 is 1.41 bits per heavy atom. The number of hydrogen-bond acceptors (Lipinski definition) is 0. The van der Waals surface area contributed by atoms with Crippen LogP contribution in [0.15, 0.2) is 109 Å². The predicted octanol–water partition coefficient (Wildman–Crippen LogP) is 3.62. The molecule has 3 aliphatic rings. The van der Waals surface area contributed by atoms with Crippen LogP contribution in [0.4, 0.5) is 0 Å². The third-order valence-electron chi connectivity index (χ3n) is 8.57. The minimum absolute atomic E-state index is 0. The second-order valence-corrected chi connectivity index (χ2v) is 20.9. The number of allylic oxidation sites excluding steroid dienone is 2. The van der Waals surface area contributed by atoms with Gasteiger partial charge >= 0.3 is 230 Å². The minimum atomic E-state index is -2.39. The second-order valence-electron chi connectivity index (χ2n) is 10.6. The first kappa shape index (κ1) is 28.2. The molecule has 0 saturated heterocycles. The van der Waals surface area contributed by atoms with Gasteiger partial charge in [-0.25, -0.2) is 0 Å². The standard InChI is InChI=1S/2C15H11.C6H10.2ClH.Hf/c2*1-2-6-12(7-3-1)14-10-4-8-13-9-5-11-15(13)14;1-2-4-6-5-3-1;;;/h2*1-11H;1-5H2;2*1H;/q;;;;;+2/p-2. The molecule has 0 amide bonds. The average molecular weight is 714 g/mol. The SMILES string of the molecule is C1=C[CH]([Hf+2](=[C]2CCCCC2)[CH]2C=Cc3c(-c4ccccc4)cccc32)c2cccc(-c3ccccc3)c21.[Cl-].[Cl-]. The summed E-state index contributed by atoms with van der Waals surface area (Å²) in [6.45, 7) is 0.